The first-order valence-electron chi connectivity index (χ1n) is 12.4. The van der Waals surface area contributed by atoms with E-state index in [9.17, 15) is 14.7 Å². The number of unbranched alkanes of at least 4 members (excludes halogenated alkanes) is 9. The summed E-state index contributed by atoms with van der Waals surface area (Å²) in [7, 11) is 0. The number of carboxylic acid groups (broad SMARTS) is 2. The molecule has 0 aliphatic rings. The van der Waals surface area contributed by atoms with Crippen LogP contribution >= 0.6 is 0 Å². The van der Waals surface area contributed by atoms with Crippen molar-refractivity contribution in [3.05, 3.63) is 54.1 Å². The van der Waals surface area contributed by atoms with Crippen molar-refractivity contribution in [1.82, 2.24) is 4.57 Å². The van der Waals surface area contributed by atoms with Crippen LogP contribution in [0.1, 0.15) is 95.4 Å². The summed E-state index contributed by atoms with van der Waals surface area (Å²) in [6.45, 7) is 6.65. The molecule has 0 amide bonds. The number of hydrogen-bond donors (Lipinski definition) is 1. The lowest BCUT2D eigenvalue weighted by atomic mass is 10.1. The zero-order chi connectivity index (χ0) is 24.3. The molecule has 1 heterocycles. The molecule has 0 aliphatic carbocycles. The topological polar surface area (TPSA) is 86.2 Å². The summed E-state index contributed by atoms with van der Waals surface area (Å²) in [6, 6.07) is 10.7. The van der Waals surface area contributed by atoms with Crippen LogP contribution in [0.4, 0.5) is 0 Å². The number of aliphatic carboxylic acids is 2. The first-order chi connectivity index (χ1) is 15.9. The molecule has 0 fully saturated rings. The van der Waals surface area contributed by atoms with Crippen LogP contribution in [0.3, 0.4) is 0 Å². The van der Waals surface area contributed by atoms with Gasteiger partial charge in [0.2, 0.25) is 0 Å². The average Bonchev–Trinajstić information content (AvgIpc) is 3.14. The quantitative estimate of drug-likeness (QED) is 0.293. The summed E-state index contributed by atoms with van der Waals surface area (Å²) in [5, 5.41) is 17.4. The van der Waals surface area contributed by atoms with Crippen molar-refractivity contribution in [3.63, 3.8) is 0 Å². The second-order valence-corrected chi connectivity index (χ2v) is 8.60. The molecule has 0 bridgehead atoms. The van der Waals surface area contributed by atoms with Crippen LogP contribution in [0.25, 0.3) is 0 Å². The molecule has 33 heavy (non-hydrogen) atoms. The zero-order valence-corrected chi connectivity index (χ0v) is 20.5. The zero-order valence-electron chi connectivity index (χ0n) is 20.5. The molecule has 0 unspecified atom stereocenters. The van der Waals surface area contributed by atoms with E-state index in [4.69, 9.17) is 5.11 Å². The standard InChI is InChI=1S/C23H37N2.C4H6O4/c1-3-4-5-6-7-8-9-10-11-15-18-24-19-20-25(22(24)2)21-23-16-13-12-14-17-23;5-3(6)1-2-4(7)8/h12-14,16-17,19-20H,3-11,15,18,21H2,1-2H3;1-2H2,(H,5,6)(H,7,8)/q+1;/p-1. The molecule has 1 N–H and O–H groups in total. The van der Waals surface area contributed by atoms with Gasteiger partial charge in [-0.15, -0.1) is 0 Å². The summed E-state index contributed by atoms with van der Waals surface area (Å²) in [6.07, 6.45) is 17.7. The Balaban J connectivity index is 0.000000582. The van der Waals surface area contributed by atoms with Gasteiger partial charge in [-0.25, -0.2) is 9.13 Å². The van der Waals surface area contributed by atoms with Gasteiger partial charge in [0.15, 0.2) is 0 Å². The number of carbonyl (C=O) groups is 2. The van der Waals surface area contributed by atoms with Crippen LogP contribution in [0.15, 0.2) is 42.7 Å². The van der Waals surface area contributed by atoms with Crippen molar-refractivity contribution >= 4 is 11.9 Å². The molecule has 184 valence electrons. The molecule has 1 aromatic carbocycles. The fraction of sp³-hybridized carbons (Fsp3) is 0.593. The monoisotopic (exact) mass is 458 g/mol. The van der Waals surface area contributed by atoms with E-state index in [1.54, 1.807) is 0 Å². The minimum atomic E-state index is -1.33. The number of benzene rings is 1. The lowest BCUT2D eigenvalue weighted by Gasteiger charge is -2.03. The van der Waals surface area contributed by atoms with Gasteiger partial charge in [-0.2, -0.15) is 0 Å². The third-order valence-corrected chi connectivity index (χ3v) is 5.75. The van der Waals surface area contributed by atoms with Gasteiger partial charge < -0.3 is 15.0 Å². The number of aromatic nitrogens is 2. The molecule has 1 aromatic heterocycles. The molecule has 0 saturated carbocycles. The van der Waals surface area contributed by atoms with Crippen molar-refractivity contribution < 1.29 is 24.4 Å². The minimum absolute atomic E-state index is 0.359. The normalized spacial score (nSPS) is 10.5. The highest BCUT2D eigenvalue weighted by atomic mass is 16.4. The fourth-order valence-corrected chi connectivity index (χ4v) is 3.70. The number of carboxylic acids is 2. The first-order valence-corrected chi connectivity index (χ1v) is 12.4. The molecule has 2 aromatic rings. The molecule has 0 aliphatic heterocycles. The summed E-state index contributed by atoms with van der Waals surface area (Å²) < 4.78 is 4.76. The second-order valence-electron chi connectivity index (χ2n) is 8.60. The van der Waals surface area contributed by atoms with Crippen LogP contribution in [-0.2, 0) is 22.7 Å². The molecular weight excluding hydrogens is 416 g/mol. The Morgan fingerprint density at radius 1 is 0.909 bits per heavy atom. The lowest BCUT2D eigenvalue weighted by Crippen LogP contribution is -2.36. The highest BCUT2D eigenvalue weighted by Gasteiger charge is 2.11. The smallest absolute Gasteiger partial charge is 0.303 e. The highest BCUT2D eigenvalue weighted by molar-refractivity contribution is 5.74. The maximum Gasteiger partial charge on any atom is 0.303 e. The van der Waals surface area contributed by atoms with Crippen molar-refractivity contribution in [2.45, 2.75) is 104 Å². The average molecular weight is 459 g/mol. The molecule has 0 atom stereocenters. The van der Waals surface area contributed by atoms with Crippen LogP contribution < -0.4 is 9.67 Å². The maximum absolute atomic E-state index is 9.61. The highest BCUT2D eigenvalue weighted by Crippen LogP contribution is 2.11. The van der Waals surface area contributed by atoms with Gasteiger partial charge in [-0.1, -0.05) is 88.6 Å². The molecule has 0 saturated heterocycles. The molecule has 6 heteroatoms. The molecule has 2 rings (SSSR count). The van der Waals surface area contributed by atoms with E-state index in [0.717, 1.165) is 13.1 Å². The number of carbonyl (C=O) groups excluding carboxylic acids is 1. The van der Waals surface area contributed by atoms with E-state index >= 15 is 0 Å². The number of nitrogens with zero attached hydrogens (tertiary/aromatic N) is 2. The Morgan fingerprint density at radius 2 is 1.48 bits per heavy atom. The molecular formula is C27H42N2O4. The van der Waals surface area contributed by atoms with Crippen LogP contribution in [0.5, 0.6) is 0 Å². The van der Waals surface area contributed by atoms with Gasteiger partial charge in [0.25, 0.3) is 5.82 Å². The van der Waals surface area contributed by atoms with Crippen molar-refractivity contribution in [2.75, 3.05) is 0 Å². The van der Waals surface area contributed by atoms with E-state index in [1.807, 2.05) is 0 Å². The summed E-state index contributed by atoms with van der Waals surface area (Å²) in [5.41, 5.74) is 1.37. The number of hydrogen-bond acceptors (Lipinski definition) is 3. The van der Waals surface area contributed by atoms with Crippen molar-refractivity contribution in [2.24, 2.45) is 0 Å². The summed E-state index contributed by atoms with van der Waals surface area (Å²) in [5.74, 6) is -1.08. The van der Waals surface area contributed by atoms with Gasteiger partial charge in [-0.05, 0) is 24.8 Å². The van der Waals surface area contributed by atoms with E-state index in [2.05, 4.69) is 65.7 Å². The molecule has 0 radical (unpaired) electrons. The van der Waals surface area contributed by atoms with Crippen LogP contribution in [-0.4, -0.2) is 21.6 Å². The number of aryl methyl sites for hydroxylation is 1. The Morgan fingerprint density at radius 3 is 2.00 bits per heavy atom. The Kier molecular flexibility index (Phi) is 15.4. The second kappa shape index (κ2) is 17.9. The number of imidazole rings is 1. The molecule has 0 spiro atoms. The first kappa shape index (κ1) is 28.4. The summed E-state index contributed by atoms with van der Waals surface area (Å²) >= 11 is 0. The Labute approximate surface area is 199 Å². The Bertz CT molecular complexity index is 773. The third kappa shape index (κ3) is 14.2. The predicted octanol–water partition coefficient (Wildman–Crippen LogP) is 4.65. The van der Waals surface area contributed by atoms with E-state index in [1.165, 1.54) is 75.6 Å². The van der Waals surface area contributed by atoms with Crippen LogP contribution in [0.2, 0.25) is 0 Å². The van der Waals surface area contributed by atoms with E-state index in [0.29, 0.717) is 0 Å². The van der Waals surface area contributed by atoms with Gasteiger partial charge in [0.05, 0.1) is 13.0 Å². The van der Waals surface area contributed by atoms with Gasteiger partial charge >= 0.3 is 5.97 Å². The van der Waals surface area contributed by atoms with Crippen LogP contribution in [0, 0.1) is 6.92 Å². The minimum Gasteiger partial charge on any atom is -0.550 e. The van der Waals surface area contributed by atoms with E-state index in [-0.39, 0.29) is 6.42 Å². The maximum atomic E-state index is 9.61. The lowest BCUT2D eigenvalue weighted by molar-refractivity contribution is -0.694. The SMILES string of the molecule is CCCCCCCCCCCCn1cc[n+](Cc2ccccc2)c1C.O=C([O-])CCC(=O)O. The van der Waals surface area contributed by atoms with E-state index < -0.39 is 18.4 Å². The van der Waals surface area contributed by atoms with Gasteiger partial charge in [0.1, 0.15) is 18.9 Å². The third-order valence-electron chi connectivity index (χ3n) is 5.75. The fourth-order valence-electron chi connectivity index (χ4n) is 3.70. The van der Waals surface area contributed by atoms with Gasteiger partial charge in [-0.3, -0.25) is 4.79 Å². The predicted molar refractivity (Wildman–Crippen MR) is 129 cm³/mol. The van der Waals surface area contributed by atoms with Crippen molar-refractivity contribution in [3.8, 4) is 0 Å². The van der Waals surface area contributed by atoms with Crippen molar-refractivity contribution in [1.29, 1.82) is 0 Å². The Hall–Kier alpha value is -2.63. The number of rotatable bonds is 16. The molecule has 6 nitrogen and oxygen atoms in total. The largest absolute Gasteiger partial charge is 0.550 e. The van der Waals surface area contributed by atoms with Gasteiger partial charge in [0, 0.05) is 12.9 Å². The summed E-state index contributed by atoms with van der Waals surface area (Å²) in [4.78, 5) is 19.1.